The van der Waals surface area contributed by atoms with Crippen LogP contribution in [-0.2, 0) is 14.6 Å². The van der Waals surface area contributed by atoms with Crippen LogP contribution < -0.4 is 0 Å². The van der Waals surface area contributed by atoms with Gasteiger partial charge < -0.3 is 0 Å². The molecule has 0 saturated heterocycles. The highest BCUT2D eigenvalue weighted by Gasteiger charge is 2.19. The zero-order valence-corrected chi connectivity index (χ0v) is 11.9. The number of amides is 1. The van der Waals surface area contributed by atoms with Crippen molar-refractivity contribution in [2.45, 2.75) is 33.7 Å². The first-order valence-corrected chi connectivity index (χ1v) is 6.46. The van der Waals surface area contributed by atoms with Crippen molar-refractivity contribution < 1.29 is 19.4 Å². The van der Waals surface area contributed by atoms with Gasteiger partial charge >= 0.3 is 6.09 Å². The molecule has 2 rings (SSSR count). The summed E-state index contributed by atoms with van der Waals surface area (Å²) in [5, 5.41) is 1.13. The number of rotatable bonds is 5. The van der Waals surface area contributed by atoms with Crippen molar-refractivity contribution in [3.05, 3.63) is 24.3 Å². The Hall–Kier alpha value is -1.59. The summed E-state index contributed by atoms with van der Waals surface area (Å²) in [6.07, 6.45) is -0.626. The monoisotopic (exact) mass is 267 g/mol. The molecule has 0 aliphatic heterocycles. The molecule has 5 nitrogen and oxygen atoms in total. The summed E-state index contributed by atoms with van der Waals surface area (Å²) >= 11 is 0. The van der Waals surface area contributed by atoms with E-state index in [4.69, 9.17) is 4.84 Å². The third-order valence-corrected chi connectivity index (χ3v) is 2.38. The molecule has 0 bridgehead atoms. The van der Waals surface area contributed by atoms with E-state index in [1.165, 1.54) is 11.1 Å². The fourth-order valence-corrected chi connectivity index (χ4v) is 1.36. The van der Waals surface area contributed by atoms with Crippen LogP contribution in [0.2, 0.25) is 0 Å². The predicted molar refractivity (Wildman–Crippen MR) is 72.1 cm³/mol. The molecule has 0 aromatic heterocycles. The Morgan fingerprint density at radius 1 is 1.11 bits per heavy atom. The highest BCUT2D eigenvalue weighted by atomic mass is 17.2. The van der Waals surface area contributed by atoms with E-state index in [9.17, 15) is 4.79 Å². The Labute approximate surface area is 113 Å². The molecule has 106 valence electrons. The third kappa shape index (κ3) is 4.54. The van der Waals surface area contributed by atoms with Crippen LogP contribution in [0.15, 0.2) is 24.3 Å². The van der Waals surface area contributed by atoms with E-state index in [2.05, 4.69) is 34.0 Å². The molecule has 2 aliphatic carbocycles. The molecule has 0 spiro atoms. The van der Waals surface area contributed by atoms with Crippen LogP contribution in [0.4, 0.5) is 4.79 Å². The number of hydrogen-bond acceptors (Lipinski definition) is 4. The molecule has 5 heteroatoms. The van der Waals surface area contributed by atoms with E-state index in [-0.39, 0.29) is 6.04 Å². The van der Waals surface area contributed by atoms with E-state index in [1.54, 1.807) is 13.8 Å². The second-order valence-electron chi connectivity index (χ2n) is 4.17. The van der Waals surface area contributed by atoms with Crippen molar-refractivity contribution in [3.63, 3.8) is 0 Å². The summed E-state index contributed by atoms with van der Waals surface area (Å²) in [7, 11) is 0. The Bertz CT molecular complexity index is 368. The highest BCUT2D eigenvalue weighted by molar-refractivity contribution is 5.75. The van der Waals surface area contributed by atoms with Crippen LogP contribution in [0, 0.1) is 0 Å². The molecule has 0 unspecified atom stereocenters. The zero-order valence-electron chi connectivity index (χ0n) is 11.9. The number of nitrogens with zero attached hydrogens (tertiary/aromatic N) is 1. The van der Waals surface area contributed by atoms with Crippen molar-refractivity contribution in [1.29, 1.82) is 0 Å². The Balaban J connectivity index is 0.000000241. The maximum Gasteiger partial charge on any atom is 0.465 e. The van der Waals surface area contributed by atoms with Crippen LogP contribution >= 0.6 is 0 Å². The van der Waals surface area contributed by atoms with Crippen molar-refractivity contribution >= 4 is 6.09 Å². The number of hydrogen-bond donors (Lipinski definition) is 0. The molecule has 0 N–H and O–H groups in total. The molecule has 19 heavy (non-hydrogen) atoms. The quantitative estimate of drug-likeness (QED) is 0.615. The minimum atomic E-state index is -0.626. The van der Waals surface area contributed by atoms with E-state index in [0.717, 1.165) is 5.06 Å². The van der Waals surface area contributed by atoms with Gasteiger partial charge in [-0.25, -0.2) is 4.79 Å². The Morgan fingerprint density at radius 3 is 1.89 bits per heavy atom. The van der Waals surface area contributed by atoms with Gasteiger partial charge in [0.2, 0.25) is 0 Å². The number of fused-ring (bicyclic) bond motifs is 1. The Morgan fingerprint density at radius 2 is 1.63 bits per heavy atom. The van der Waals surface area contributed by atoms with Crippen LogP contribution in [0.3, 0.4) is 0 Å². The van der Waals surface area contributed by atoms with Gasteiger partial charge in [-0.05, 0) is 38.8 Å². The second-order valence-corrected chi connectivity index (χ2v) is 4.17. The third-order valence-electron chi connectivity index (χ3n) is 2.38. The smallest absolute Gasteiger partial charge is 0.274 e. The molecular formula is C14H21NO4. The lowest BCUT2D eigenvalue weighted by atomic mass is 9.95. The summed E-state index contributed by atoms with van der Waals surface area (Å²) in [6, 6.07) is 8.41. The van der Waals surface area contributed by atoms with Crippen LogP contribution in [0.25, 0.3) is 11.1 Å². The average Bonchev–Trinajstić information content (AvgIpc) is 2.37. The van der Waals surface area contributed by atoms with E-state index < -0.39 is 6.09 Å². The van der Waals surface area contributed by atoms with E-state index in [0.29, 0.717) is 13.2 Å². The van der Waals surface area contributed by atoms with Crippen molar-refractivity contribution in [3.8, 4) is 11.1 Å². The molecule has 0 atom stereocenters. The fraction of sp³-hybridized carbons (Fsp3) is 0.500. The molecule has 2 aliphatic rings. The van der Waals surface area contributed by atoms with Gasteiger partial charge in [0, 0.05) is 0 Å². The maximum atomic E-state index is 11.2. The van der Waals surface area contributed by atoms with Gasteiger partial charge in [-0.3, -0.25) is 9.73 Å². The van der Waals surface area contributed by atoms with Gasteiger partial charge in [0.25, 0.3) is 0 Å². The molecule has 1 amide bonds. The first-order chi connectivity index (χ1) is 9.10. The SMILES string of the molecule is CCOOC(=O)N(OCC)C(C)C.c1cc2ccc1-2. The molecule has 0 radical (unpaired) electrons. The molecule has 0 aromatic carbocycles. The van der Waals surface area contributed by atoms with Gasteiger partial charge in [-0.1, -0.05) is 24.3 Å². The average molecular weight is 267 g/mol. The molecule has 0 fully saturated rings. The van der Waals surface area contributed by atoms with Gasteiger partial charge in [-0.15, -0.1) is 0 Å². The van der Waals surface area contributed by atoms with Crippen molar-refractivity contribution in [2.75, 3.05) is 13.2 Å². The maximum absolute atomic E-state index is 11.2. The first-order valence-electron chi connectivity index (χ1n) is 6.46. The van der Waals surface area contributed by atoms with Gasteiger partial charge in [0.15, 0.2) is 0 Å². The topological polar surface area (TPSA) is 48.0 Å². The lowest BCUT2D eigenvalue weighted by molar-refractivity contribution is -0.270. The lowest BCUT2D eigenvalue weighted by Crippen LogP contribution is -2.37. The fourth-order valence-electron chi connectivity index (χ4n) is 1.36. The highest BCUT2D eigenvalue weighted by Crippen LogP contribution is 2.29. The number of carbonyl (C=O) groups is 1. The van der Waals surface area contributed by atoms with Crippen LogP contribution in [0.5, 0.6) is 0 Å². The van der Waals surface area contributed by atoms with Crippen molar-refractivity contribution in [1.82, 2.24) is 5.06 Å². The Kier molecular flexibility index (Phi) is 6.32. The van der Waals surface area contributed by atoms with Gasteiger partial charge in [0.05, 0.1) is 19.3 Å². The molecule has 0 saturated carbocycles. The summed E-state index contributed by atoms with van der Waals surface area (Å²) in [5.74, 6) is 0. The van der Waals surface area contributed by atoms with E-state index >= 15 is 0 Å². The van der Waals surface area contributed by atoms with Gasteiger partial charge in [-0.2, -0.15) is 9.95 Å². The van der Waals surface area contributed by atoms with Crippen LogP contribution in [-0.4, -0.2) is 30.4 Å². The first kappa shape index (κ1) is 15.5. The lowest BCUT2D eigenvalue weighted by Gasteiger charge is -2.22. The molecular weight excluding hydrogens is 246 g/mol. The molecule has 0 heterocycles. The summed E-state index contributed by atoms with van der Waals surface area (Å²) in [5.41, 5.74) is 2.85. The minimum absolute atomic E-state index is 0.0760. The predicted octanol–water partition coefficient (Wildman–Crippen LogP) is 3.40. The summed E-state index contributed by atoms with van der Waals surface area (Å²) < 4.78 is 0. The standard InChI is InChI=1S/C8H17NO4.C6H4/c1-5-11-9(7(3)4)8(10)13-12-6-2;1-2-6-4-3-5(1)6/h7H,5-6H2,1-4H3;1-4H. The van der Waals surface area contributed by atoms with E-state index in [1.807, 2.05) is 13.8 Å². The number of benzene rings is 1. The van der Waals surface area contributed by atoms with Crippen molar-refractivity contribution in [2.24, 2.45) is 0 Å². The van der Waals surface area contributed by atoms with Crippen LogP contribution in [0.1, 0.15) is 27.7 Å². The second kappa shape index (κ2) is 7.76. The van der Waals surface area contributed by atoms with Gasteiger partial charge in [0.1, 0.15) is 0 Å². The number of carbonyl (C=O) groups excluding carboxylic acids is 1. The molecule has 0 aromatic rings. The summed E-state index contributed by atoms with van der Waals surface area (Å²) in [4.78, 5) is 25.2. The minimum Gasteiger partial charge on any atom is -0.274 e. The summed E-state index contributed by atoms with van der Waals surface area (Å²) in [6.45, 7) is 7.91. The zero-order chi connectivity index (χ0) is 14.3. The normalized spacial score (nSPS) is 10.6. The number of hydroxylamine groups is 2. The largest absolute Gasteiger partial charge is 0.465 e.